The van der Waals surface area contributed by atoms with Gasteiger partial charge in [-0.3, -0.25) is 0 Å². The predicted octanol–water partition coefficient (Wildman–Crippen LogP) is 2.36. The van der Waals surface area contributed by atoms with Crippen molar-refractivity contribution in [3.63, 3.8) is 0 Å². The quantitative estimate of drug-likeness (QED) is 0.850. The summed E-state index contributed by atoms with van der Waals surface area (Å²) in [4.78, 5) is -0.174. The van der Waals surface area contributed by atoms with Gasteiger partial charge in [0.2, 0.25) is 10.0 Å². The molecule has 0 spiro atoms. The number of hydrogen-bond acceptors (Lipinski definition) is 4. The molecule has 2 aromatic rings. The normalized spacial score (nSPS) is 11.3. The van der Waals surface area contributed by atoms with Crippen molar-refractivity contribution in [1.82, 2.24) is 0 Å². The van der Waals surface area contributed by atoms with E-state index < -0.39 is 10.0 Å². The molecule has 0 amide bonds. The Hall–Kier alpha value is -1.76. The van der Waals surface area contributed by atoms with Crippen LogP contribution in [0.15, 0.2) is 47.4 Å². The van der Waals surface area contributed by atoms with Crippen LogP contribution in [-0.2, 0) is 10.0 Å². The van der Waals surface area contributed by atoms with Gasteiger partial charge < -0.3 is 10.5 Å². The van der Waals surface area contributed by atoms with Gasteiger partial charge in [-0.2, -0.15) is 0 Å². The third-order valence-corrected chi connectivity index (χ3v) is 3.47. The fraction of sp³-hybridized carbons (Fsp3) is 0. The average molecular weight is 299 g/mol. The molecule has 100 valence electrons. The zero-order valence-electron chi connectivity index (χ0n) is 9.71. The molecule has 0 heterocycles. The lowest BCUT2D eigenvalue weighted by atomic mass is 10.3. The Balaban J connectivity index is 2.46. The van der Waals surface area contributed by atoms with E-state index in [-0.39, 0.29) is 16.3 Å². The highest BCUT2D eigenvalue weighted by Crippen LogP contribution is 2.30. The highest BCUT2D eigenvalue weighted by Gasteiger charge is 2.16. The van der Waals surface area contributed by atoms with E-state index in [1.807, 2.05) is 0 Å². The number of sulfonamides is 1. The number of primary sulfonamides is 1. The topological polar surface area (TPSA) is 95.4 Å². The predicted molar refractivity (Wildman–Crippen MR) is 73.8 cm³/mol. The number of rotatable bonds is 3. The van der Waals surface area contributed by atoms with E-state index in [1.54, 1.807) is 24.3 Å². The molecule has 0 saturated heterocycles. The van der Waals surface area contributed by atoms with Crippen molar-refractivity contribution >= 4 is 27.3 Å². The average Bonchev–Trinajstić information content (AvgIpc) is 2.30. The van der Waals surface area contributed by atoms with Gasteiger partial charge in [0.1, 0.15) is 16.4 Å². The Labute approximate surface area is 115 Å². The summed E-state index contributed by atoms with van der Waals surface area (Å²) < 4.78 is 28.4. The first kappa shape index (κ1) is 13.7. The van der Waals surface area contributed by atoms with Crippen LogP contribution in [0.3, 0.4) is 0 Å². The van der Waals surface area contributed by atoms with Crippen molar-refractivity contribution in [2.45, 2.75) is 4.90 Å². The first-order valence-electron chi connectivity index (χ1n) is 5.22. The van der Waals surface area contributed by atoms with Gasteiger partial charge in [0, 0.05) is 10.7 Å². The zero-order chi connectivity index (χ0) is 14.0. The maximum atomic E-state index is 11.5. The summed E-state index contributed by atoms with van der Waals surface area (Å²) in [5.74, 6) is 0.501. The molecule has 0 aliphatic carbocycles. The van der Waals surface area contributed by atoms with Crippen molar-refractivity contribution in [3.8, 4) is 11.5 Å². The summed E-state index contributed by atoms with van der Waals surface area (Å²) in [6.45, 7) is 0. The molecule has 0 saturated carbocycles. The Morgan fingerprint density at radius 2 is 1.84 bits per heavy atom. The van der Waals surface area contributed by atoms with Gasteiger partial charge >= 0.3 is 0 Å². The smallest absolute Gasteiger partial charge is 0.241 e. The second kappa shape index (κ2) is 5.08. The molecule has 4 N–H and O–H groups in total. The van der Waals surface area contributed by atoms with Crippen molar-refractivity contribution in [2.24, 2.45) is 5.14 Å². The van der Waals surface area contributed by atoms with Gasteiger partial charge in [0.05, 0.1) is 0 Å². The Morgan fingerprint density at radius 1 is 1.11 bits per heavy atom. The lowest BCUT2D eigenvalue weighted by molar-refractivity contribution is 0.468. The number of benzene rings is 2. The molecule has 0 radical (unpaired) electrons. The Kier molecular flexibility index (Phi) is 3.66. The van der Waals surface area contributed by atoms with Crippen LogP contribution in [-0.4, -0.2) is 8.42 Å². The van der Waals surface area contributed by atoms with Crippen LogP contribution in [0.5, 0.6) is 11.5 Å². The van der Waals surface area contributed by atoms with E-state index in [2.05, 4.69) is 0 Å². The van der Waals surface area contributed by atoms with Crippen LogP contribution in [0.1, 0.15) is 0 Å². The highest BCUT2D eigenvalue weighted by atomic mass is 35.5. The monoisotopic (exact) mass is 298 g/mol. The number of anilines is 1. The molecule has 0 atom stereocenters. The molecule has 19 heavy (non-hydrogen) atoms. The number of nitrogens with two attached hydrogens (primary N) is 2. The molecular weight excluding hydrogens is 288 g/mol. The summed E-state index contributed by atoms with van der Waals surface area (Å²) in [5, 5.41) is 5.60. The van der Waals surface area contributed by atoms with E-state index in [4.69, 9.17) is 27.2 Å². The third kappa shape index (κ3) is 3.37. The minimum absolute atomic E-state index is 0.0963. The van der Waals surface area contributed by atoms with Gasteiger partial charge in [-0.1, -0.05) is 17.7 Å². The number of nitrogen functional groups attached to an aromatic ring is 1. The molecule has 0 aliphatic heterocycles. The molecule has 0 aliphatic rings. The number of halogens is 1. The maximum absolute atomic E-state index is 11.5. The SMILES string of the molecule is Nc1ccc(Oc2cccc(Cl)c2)c(S(N)(=O)=O)c1. The molecule has 2 aromatic carbocycles. The van der Waals surface area contributed by atoms with E-state index in [0.29, 0.717) is 10.8 Å². The van der Waals surface area contributed by atoms with Crippen molar-refractivity contribution in [2.75, 3.05) is 5.73 Å². The third-order valence-electron chi connectivity index (χ3n) is 2.30. The van der Waals surface area contributed by atoms with Crippen LogP contribution >= 0.6 is 11.6 Å². The summed E-state index contributed by atoms with van der Waals surface area (Å²) in [6, 6.07) is 10.8. The zero-order valence-corrected chi connectivity index (χ0v) is 11.3. The van der Waals surface area contributed by atoms with Gasteiger partial charge in [-0.05, 0) is 36.4 Å². The second-order valence-electron chi connectivity index (χ2n) is 3.81. The standard InChI is InChI=1S/C12H11ClN2O3S/c13-8-2-1-3-10(6-8)18-11-5-4-9(14)7-12(11)19(15,16)17/h1-7H,14H2,(H2,15,16,17). The lowest BCUT2D eigenvalue weighted by Crippen LogP contribution is -2.13. The molecule has 2 rings (SSSR count). The first-order valence-corrected chi connectivity index (χ1v) is 7.14. The molecule has 7 heteroatoms. The fourth-order valence-corrected chi connectivity index (χ4v) is 2.36. The van der Waals surface area contributed by atoms with E-state index in [1.165, 1.54) is 18.2 Å². The minimum atomic E-state index is -3.92. The minimum Gasteiger partial charge on any atom is -0.456 e. The first-order chi connectivity index (χ1) is 8.86. The molecule has 0 aromatic heterocycles. The molecule has 0 unspecified atom stereocenters. The second-order valence-corrected chi connectivity index (χ2v) is 5.78. The van der Waals surface area contributed by atoms with Gasteiger partial charge in [-0.15, -0.1) is 0 Å². The van der Waals surface area contributed by atoms with Crippen molar-refractivity contribution in [1.29, 1.82) is 0 Å². The molecule has 0 fully saturated rings. The lowest BCUT2D eigenvalue weighted by Gasteiger charge is -2.10. The Bertz CT molecular complexity index is 717. The summed E-state index contributed by atoms with van der Waals surface area (Å²) in [6.07, 6.45) is 0. The van der Waals surface area contributed by atoms with Crippen molar-refractivity contribution < 1.29 is 13.2 Å². The molecular formula is C12H11ClN2O3S. The fourth-order valence-electron chi connectivity index (χ4n) is 1.49. The summed E-state index contributed by atoms with van der Waals surface area (Å²) >= 11 is 5.82. The van der Waals surface area contributed by atoms with Crippen LogP contribution in [0.4, 0.5) is 5.69 Å². The summed E-state index contributed by atoms with van der Waals surface area (Å²) in [5.41, 5.74) is 5.83. The van der Waals surface area contributed by atoms with Crippen LogP contribution in [0.25, 0.3) is 0 Å². The number of hydrogen-bond donors (Lipinski definition) is 2. The van der Waals surface area contributed by atoms with Crippen LogP contribution in [0, 0.1) is 0 Å². The molecule has 0 bridgehead atoms. The maximum Gasteiger partial charge on any atom is 0.241 e. The van der Waals surface area contributed by atoms with Gasteiger partial charge in [0.25, 0.3) is 0 Å². The highest BCUT2D eigenvalue weighted by molar-refractivity contribution is 7.89. The van der Waals surface area contributed by atoms with Gasteiger partial charge in [0.15, 0.2) is 0 Å². The Morgan fingerprint density at radius 3 is 2.47 bits per heavy atom. The van der Waals surface area contributed by atoms with Crippen molar-refractivity contribution in [3.05, 3.63) is 47.5 Å². The molecule has 5 nitrogen and oxygen atoms in total. The number of ether oxygens (including phenoxy) is 1. The largest absolute Gasteiger partial charge is 0.456 e. The summed E-state index contributed by atoms with van der Waals surface area (Å²) in [7, 11) is -3.92. The van der Waals surface area contributed by atoms with Gasteiger partial charge in [-0.25, -0.2) is 13.6 Å². The van der Waals surface area contributed by atoms with E-state index in [0.717, 1.165) is 0 Å². The van der Waals surface area contributed by atoms with Crippen LogP contribution in [0.2, 0.25) is 5.02 Å². The van der Waals surface area contributed by atoms with E-state index in [9.17, 15) is 8.42 Å². The van der Waals surface area contributed by atoms with E-state index >= 15 is 0 Å². The van der Waals surface area contributed by atoms with Crippen LogP contribution < -0.4 is 15.6 Å².